The van der Waals surface area contributed by atoms with E-state index in [1.54, 1.807) is 67.8 Å². The van der Waals surface area contributed by atoms with Crippen LogP contribution >= 0.6 is 11.6 Å². The van der Waals surface area contributed by atoms with Gasteiger partial charge in [0, 0.05) is 27.7 Å². The Bertz CT molecular complexity index is 1270. The second kappa shape index (κ2) is 10.6. The van der Waals surface area contributed by atoms with Gasteiger partial charge in [-0.2, -0.15) is 0 Å². The number of aromatic nitrogens is 1. The van der Waals surface area contributed by atoms with Crippen molar-refractivity contribution >= 4 is 40.3 Å². The normalized spacial score (nSPS) is 11.6. The molecule has 0 spiro atoms. The smallest absolute Gasteiger partial charge is 0.379 e. The van der Waals surface area contributed by atoms with E-state index in [2.05, 4.69) is 4.89 Å². The van der Waals surface area contributed by atoms with Crippen LogP contribution in [0.25, 0.3) is 10.9 Å². The third kappa shape index (κ3) is 5.15. The van der Waals surface area contributed by atoms with Crippen LogP contribution in [0.4, 0.5) is 0 Å². The van der Waals surface area contributed by atoms with Gasteiger partial charge in [0.1, 0.15) is 5.75 Å². The second-order valence-electron chi connectivity index (χ2n) is 8.02. The molecule has 1 unspecified atom stereocenters. The molecule has 8 heteroatoms. The Balaban J connectivity index is 2.10. The number of ether oxygens (including phenoxy) is 1. The molecular formula is C26H26ClNO6. The van der Waals surface area contributed by atoms with Crippen molar-refractivity contribution in [3.63, 3.8) is 0 Å². The molecule has 1 aromatic heterocycles. The van der Waals surface area contributed by atoms with E-state index in [9.17, 15) is 14.4 Å². The summed E-state index contributed by atoms with van der Waals surface area (Å²) in [5.41, 5.74) is 2.93. The summed E-state index contributed by atoms with van der Waals surface area (Å²) in [5.74, 6) is -1.99. The fourth-order valence-electron chi connectivity index (χ4n) is 3.86. The minimum atomic E-state index is -0.784. The molecule has 3 rings (SSSR count). The van der Waals surface area contributed by atoms with E-state index in [1.807, 2.05) is 6.92 Å². The third-order valence-corrected chi connectivity index (χ3v) is 5.66. The van der Waals surface area contributed by atoms with Crippen LogP contribution in [0, 0.1) is 6.92 Å². The molecule has 1 heterocycles. The minimum absolute atomic E-state index is 0.270. The Morgan fingerprint density at radius 1 is 1.06 bits per heavy atom. The summed E-state index contributed by atoms with van der Waals surface area (Å²) in [7, 11) is 1.54. The Kier molecular flexibility index (Phi) is 7.79. The summed E-state index contributed by atoms with van der Waals surface area (Å²) in [4.78, 5) is 47.7. The largest absolute Gasteiger partial charge is 0.497 e. The van der Waals surface area contributed by atoms with Crippen molar-refractivity contribution in [1.82, 2.24) is 4.57 Å². The second-order valence-corrected chi connectivity index (χ2v) is 8.45. The van der Waals surface area contributed by atoms with Crippen molar-refractivity contribution in [2.75, 3.05) is 7.11 Å². The van der Waals surface area contributed by atoms with Crippen molar-refractivity contribution in [1.29, 1.82) is 0 Å². The number of methoxy groups -OCH3 is 1. The maximum absolute atomic E-state index is 13.5. The number of hydrogen-bond donors (Lipinski definition) is 0. The SMILES string of the molecule is CCC(C(=O)OOC(=O)C=C(C)C)c1c(C)n(C(=O)c2ccc(Cl)cc2)c2ccc(OC)cc12. The number of allylic oxidation sites excluding steroid dienone is 1. The topological polar surface area (TPSA) is 83.8 Å². The number of hydrogen-bond acceptors (Lipinski definition) is 6. The standard InChI is InChI=1S/C26H26ClNO6/c1-6-20(26(31)34-33-23(29)13-15(2)3)24-16(4)28(22-12-11-19(32-5)14-21(22)24)25(30)17-7-9-18(27)10-8-17/h7-14,20H,6H2,1-5H3. The summed E-state index contributed by atoms with van der Waals surface area (Å²) < 4.78 is 6.93. The minimum Gasteiger partial charge on any atom is -0.497 e. The predicted molar refractivity (Wildman–Crippen MR) is 129 cm³/mol. The zero-order valence-corrected chi connectivity index (χ0v) is 20.4. The molecule has 0 N–H and O–H groups in total. The van der Waals surface area contributed by atoms with Crippen LogP contribution in [0.2, 0.25) is 5.02 Å². The van der Waals surface area contributed by atoms with Gasteiger partial charge in [-0.15, -0.1) is 0 Å². The first-order valence-corrected chi connectivity index (χ1v) is 11.1. The maximum atomic E-state index is 13.5. The van der Waals surface area contributed by atoms with Gasteiger partial charge in [0.05, 0.1) is 18.5 Å². The van der Waals surface area contributed by atoms with Crippen LogP contribution in [-0.4, -0.2) is 29.5 Å². The molecule has 0 fully saturated rings. The van der Waals surface area contributed by atoms with Gasteiger partial charge in [0.2, 0.25) is 0 Å². The highest BCUT2D eigenvalue weighted by molar-refractivity contribution is 6.30. The Labute approximate surface area is 202 Å². The lowest BCUT2D eigenvalue weighted by molar-refractivity contribution is -0.256. The molecule has 7 nitrogen and oxygen atoms in total. The van der Waals surface area contributed by atoms with E-state index in [1.165, 1.54) is 13.2 Å². The summed E-state index contributed by atoms with van der Waals surface area (Å²) in [6, 6.07) is 11.9. The van der Waals surface area contributed by atoms with Crippen LogP contribution < -0.4 is 4.74 Å². The van der Waals surface area contributed by atoms with E-state index in [0.717, 1.165) is 0 Å². The van der Waals surface area contributed by atoms with Crippen LogP contribution in [-0.2, 0) is 19.4 Å². The number of rotatable bonds is 6. The molecule has 34 heavy (non-hydrogen) atoms. The number of halogens is 1. The first-order chi connectivity index (χ1) is 16.2. The Morgan fingerprint density at radius 2 is 1.74 bits per heavy atom. The lowest BCUT2D eigenvalue weighted by Crippen LogP contribution is -2.19. The van der Waals surface area contributed by atoms with Crippen LogP contribution in [0.3, 0.4) is 0 Å². The summed E-state index contributed by atoms with van der Waals surface area (Å²) in [6.45, 7) is 7.02. The zero-order valence-electron chi connectivity index (χ0n) is 19.7. The molecule has 2 aromatic carbocycles. The number of carbonyl (C=O) groups excluding carboxylic acids is 3. The predicted octanol–water partition coefficient (Wildman–Crippen LogP) is 5.76. The van der Waals surface area contributed by atoms with E-state index in [0.29, 0.717) is 50.5 Å². The van der Waals surface area contributed by atoms with Gasteiger partial charge in [0.15, 0.2) is 0 Å². The highest BCUT2D eigenvalue weighted by Crippen LogP contribution is 2.37. The highest BCUT2D eigenvalue weighted by Gasteiger charge is 2.31. The molecule has 0 amide bonds. The number of carbonyl (C=O) groups is 3. The van der Waals surface area contributed by atoms with E-state index in [-0.39, 0.29) is 5.91 Å². The molecule has 3 aromatic rings. The van der Waals surface area contributed by atoms with Crippen LogP contribution in [0.15, 0.2) is 54.1 Å². The first kappa shape index (κ1) is 25.1. The van der Waals surface area contributed by atoms with Crippen molar-refractivity contribution in [3.8, 4) is 5.75 Å². The molecule has 0 radical (unpaired) electrons. The van der Waals surface area contributed by atoms with Gasteiger partial charge >= 0.3 is 11.9 Å². The first-order valence-electron chi connectivity index (χ1n) is 10.7. The van der Waals surface area contributed by atoms with Gasteiger partial charge in [0.25, 0.3) is 5.91 Å². The molecule has 0 bridgehead atoms. The van der Waals surface area contributed by atoms with Gasteiger partial charge in [-0.1, -0.05) is 24.1 Å². The fraction of sp³-hybridized carbons (Fsp3) is 0.269. The third-order valence-electron chi connectivity index (χ3n) is 5.41. The number of nitrogens with zero attached hydrogens (tertiary/aromatic N) is 1. The van der Waals surface area contributed by atoms with Crippen LogP contribution in [0.1, 0.15) is 54.7 Å². The lowest BCUT2D eigenvalue weighted by Gasteiger charge is -2.14. The molecular weight excluding hydrogens is 458 g/mol. The molecule has 178 valence electrons. The molecule has 0 aliphatic carbocycles. The zero-order chi connectivity index (χ0) is 25.0. The van der Waals surface area contributed by atoms with Crippen LogP contribution in [0.5, 0.6) is 5.75 Å². The quantitative estimate of drug-likeness (QED) is 0.252. The summed E-state index contributed by atoms with van der Waals surface area (Å²) >= 11 is 5.98. The molecule has 0 aliphatic heterocycles. The van der Waals surface area contributed by atoms with Crippen molar-refractivity contribution < 1.29 is 28.9 Å². The van der Waals surface area contributed by atoms with Gasteiger partial charge in [-0.3, -0.25) is 9.36 Å². The number of benzene rings is 2. The molecule has 1 atom stereocenters. The van der Waals surface area contributed by atoms with Crippen molar-refractivity contribution in [2.24, 2.45) is 0 Å². The average molecular weight is 484 g/mol. The maximum Gasteiger partial charge on any atom is 0.379 e. The van der Waals surface area contributed by atoms with Gasteiger partial charge in [-0.05, 0) is 75.2 Å². The van der Waals surface area contributed by atoms with Crippen molar-refractivity contribution in [2.45, 2.75) is 40.0 Å². The number of fused-ring (bicyclic) bond motifs is 1. The summed E-state index contributed by atoms with van der Waals surface area (Å²) in [5, 5.41) is 1.19. The average Bonchev–Trinajstić information content (AvgIpc) is 3.09. The molecule has 0 saturated carbocycles. The highest BCUT2D eigenvalue weighted by atomic mass is 35.5. The van der Waals surface area contributed by atoms with E-state index >= 15 is 0 Å². The summed E-state index contributed by atoms with van der Waals surface area (Å²) in [6.07, 6.45) is 1.58. The van der Waals surface area contributed by atoms with E-state index < -0.39 is 17.9 Å². The fourth-order valence-corrected chi connectivity index (χ4v) is 3.99. The molecule has 0 saturated heterocycles. The van der Waals surface area contributed by atoms with Gasteiger partial charge in [-0.25, -0.2) is 19.4 Å². The van der Waals surface area contributed by atoms with Crippen molar-refractivity contribution in [3.05, 3.63) is 76.0 Å². The molecule has 0 aliphatic rings. The Hall–Kier alpha value is -3.58. The Morgan fingerprint density at radius 3 is 2.32 bits per heavy atom. The van der Waals surface area contributed by atoms with Gasteiger partial charge < -0.3 is 4.74 Å². The van der Waals surface area contributed by atoms with E-state index in [4.69, 9.17) is 21.2 Å². The lowest BCUT2D eigenvalue weighted by atomic mass is 9.94. The monoisotopic (exact) mass is 483 g/mol.